The molecule has 160 valence electrons. The summed E-state index contributed by atoms with van der Waals surface area (Å²) in [4.78, 5) is 0. The highest BCUT2D eigenvalue weighted by atomic mass is 19.3. The molecule has 0 radical (unpaired) electrons. The van der Waals surface area contributed by atoms with Crippen molar-refractivity contribution in [3.8, 4) is 0 Å². The molecule has 2 aliphatic carbocycles. The van der Waals surface area contributed by atoms with Crippen LogP contribution in [-0.4, -0.2) is 19.5 Å². The zero-order valence-corrected chi connectivity index (χ0v) is 17.5. The van der Waals surface area contributed by atoms with Crippen LogP contribution in [0, 0.1) is 29.6 Å². The van der Waals surface area contributed by atoms with E-state index in [0.29, 0.717) is 24.2 Å². The Kier molecular flexibility index (Phi) is 8.98. The lowest BCUT2D eigenvalue weighted by atomic mass is 9.75. The second-order valence-electron chi connectivity index (χ2n) is 9.20. The van der Waals surface area contributed by atoms with Crippen molar-refractivity contribution in [3.05, 3.63) is 24.3 Å². The number of halogens is 2. The maximum Gasteiger partial charge on any atom is 0.266 e. The highest BCUT2D eigenvalue weighted by Crippen LogP contribution is 2.39. The van der Waals surface area contributed by atoms with E-state index in [1.54, 1.807) is 0 Å². The summed E-state index contributed by atoms with van der Waals surface area (Å²) in [6, 6.07) is 0. The summed E-state index contributed by atoms with van der Waals surface area (Å²) in [6.45, 7) is 3.90. The Labute approximate surface area is 169 Å². The Morgan fingerprint density at radius 3 is 2.11 bits per heavy atom. The molecule has 1 saturated heterocycles. The minimum atomic E-state index is -1.54. The molecule has 28 heavy (non-hydrogen) atoms. The summed E-state index contributed by atoms with van der Waals surface area (Å²) in [5.41, 5.74) is 0. The lowest BCUT2D eigenvalue weighted by Crippen LogP contribution is -2.41. The van der Waals surface area contributed by atoms with E-state index in [1.165, 1.54) is 38.5 Å². The first-order chi connectivity index (χ1) is 13.7. The molecule has 0 bridgehead atoms. The fraction of sp³-hybridized carbons (Fsp3) is 0.833. The van der Waals surface area contributed by atoms with E-state index in [-0.39, 0.29) is 6.29 Å². The predicted molar refractivity (Wildman–Crippen MR) is 109 cm³/mol. The number of unbranched alkanes of at least 4 members (excludes halogenated alkanes) is 1. The van der Waals surface area contributed by atoms with Crippen molar-refractivity contribution in [2.24, 2.45) is 29.6 Å². The molecule has 1 aliphatic heterocycles. The Morgan fingerprint density at radius 1 is 0.857 bits per heavy atom. The smallest absolute Gasteiger partial charge is 0.266 e. The van der Waals surface area contributed by atoms with E-state index >= 15 is 0 Å². The lowest BCUT2D eigenvalue weighted by Gasteiger charge is -2.41. The van der Waals surface area contributed by atoms with Crippen LogP contribution in [-0.2, 0) is 9.47 Å². The molecule has 0 N–H and O–H groups in total. The minimum absolute atomic E-state index is 0.0704. The Hall–Kier alpha value is -0.740. The molecule has 0 aromatic carbocycles. The molecule has 0 aromatic rings. The second-order valence-corrected chi connectivity index (χ2v) is 9.20. The lowest BCUT2D eigenvalue weighted by molar-refractivity contribution is -0.237. The molecule has 0 atom stereocenters. The quantitative estimate of drug-likeness (QED) is 0.427. The molecule has 0 aromatic heterocycles. The van der Waals surface area contributed by atoms with Crippen molar-refractivity contribution < 1.29 is 18.3 Å². The zero-order chi connectivity index (χ0) is 19.8. The van der Waals surface area contributed by atoms with E-state index in [9.17, 15) is 8.78 Å². The van der Waals surface area contributed by atoms with Gasteiger partial charge in [-0.15, -0.1) is 0 Å². The summed E-state index contributed by atoms with van der Waals surface area (Å²) in [5.74, 6) is 2.91. The van der Waals surface area contributed by atoms with Gasteiger partial charge >= 0.3 is 0 Å². The fourth-order valence-corrected chi connectivity index (χ4v) is 5.29. The second kappa shape index (κ2) is 11.4. The van der Waals surface area contributed by atoms with Crippen LogP contribution in [0.1, 0.15) is 77.6 Å². The van der Waals surface area contributed by atoms with Crippen molar-refractivity contribution in [1.82, 2.24) is 0 Å². The number of hydrogen-bond donors (Lipinski definition) is 0. The summed E-state index contributed by atoms with van der Waals surface area (Å²) >= 11 is 0. The van der Waals surface area contributed by atoms with Crippen LogP contribution < -0.4 is 0 Å². The molecule has 4 heteroatoms. The number of rotatable bonds is 7. The van der Waals surface area contributed by atoms with Crippen LogP contribution in [0.15, 0.2) is 24.3 Å². The molecule has 3 aliphatic rings. The fourth-order valence-electron chi connectivity index (χ4n) is 5.29. The monoisotopic (exact) mass is 396 g/mol. The van der Waals surface area contributed by atoms with Gasteiger partial charge in [-0.25, -0.2) is 0 Å². The molecule has 3 fully saturated rings. The molecular formula is C24H38F2O2. The Morgan fingerprint density at radius 2 is 1.50 bits per heavy atom. The number of hydrogen-bond acceptors (Lipinski definition) is 2. The average molecular weight is 397 g/mol. The Balaban J connectivity index is 1.34. The van der Waals surface area contributed by atoms with Crippen LogP contribution in [0.3, 0.4) is 0 Å². The molecule has 1 heterocycles. The van der Waals surface area contributed by atoms with Crippen LogP contribution >= 0.6 is 0 Å². The largest absolute Gasteiger partial charge is 0.352 e. The first-order valence-electron chi connectivity index (χ1n) is 11.6. The van der Waals surface area contributed by atoms with E-state index < -0.39 is 6.08 Å². The average Bonchev–Trinajstić information content (AvgIpc) is 2.73. The van der Waals surface area contributed by atoms with Gasteiger partial charge in [0.15, 0.2) is 6.29 Å². The third kappa shape index (κ3) is 6.66. The van der Waals surface area contributed by atoms with Crippen molar-refractivity contribution in [3.63, 3.8) is 0 Å². The molecule has 0 unspecified atom stereocenters. The first kappa shape index (κ1) is 22.0. The summed E-state index contributed by atoms with van der Waals surface area (Å²) in [6.07, 6.45) is 16.5. The molecule has 0 amide bonds. The van der Waals surface area contributed by atoms with Crippen molar-refractivity contribution in [1.29, 1.82) is 0 Å². The SMILES string of the molecule is CCCC=CC1CCC(C2COC(C3CCC(CC=C(F)F)CC3)OC2)CC1. The zero-order valence-electron chi connectivity index (χ0n) is 17.5. The molecule has 2 saturated carbocycles. The molecule has 3 rings (SSSR count). The third-order valence-corrected chi connectivity index (χ3v) is 7.18. The van der Waals surface area contributed by atoms with E-state index in [1.807, 2.05) is 0 Å². The van der Waals surface area contributed by atoms with Crippen molar-refractivity contribution in [2.75, 3.05) is 13.2 Å². The Bertz CT molecular complexity index is 491. The number of allylic oxidation sites excluding steroid dienone is 3. The summed E-state index contributed by atoms with van der Waals surface area (Å²) in [7, 11) is 0. The summed E-state index contributed by atoms with van der Waals surface area (Å²) < 4.78 is 36.8. The highest BCUT2D eigenvalue weighted by Gasteiger charge is 2.35. The standard InChI is InChI=1S/C24H38F2O2/c1-2-3-4-5-18-6-11-20(12-7-18)22-16-27-24(28-17-22)21-13-8-19(9-14-21)10-15-23(25)26/h4-5,15,18-22,24H,2-3,6-14,16-17H2,1H3. The topological polar surface area (TPSA) is 18.5 Å². The minimum Gasteiger partial charge on any atom is -0.352 e. The van der Waals surface area contributed by atoms with Crippen LogP contribution in [0.2, 0.25) is 0 Å². The van der Waals surface area contributed by atoms with Crippen LogP contribution in [0.4, 0.5) is 8.78 Å². The molecule has 2 nitrogen and oxygen atoms in total. The summed E-state index contributed by atoms with van der Waals surface area (Å²) in [5, 5.41) is 0. The van der Waals surface area contributed by atoms with E-state index in [0.717, 1.165) is 56.8 Å². The van der Waals surface area contributed by atoms with Gasteiger partial charge < -0.3 is 9.47 Å². The van der Waals surface area contributed by atoms with Gasteiger partial charge in [-0.3, -0.25) is 0 Å². The highest BCUT2D eigenvalue weighted by molar-refractivity contribution is 4.92. The van der Waals surface area contributed by atoms with Gasteiger partial charge in [-0.1, -0.05) is 25.5 Å². The normalized spacial score (nSPS) is 37.1. The number of ether oxygens (including phenoxy) is 2. The van der Waals surface area contributed by atoms with Gasteiger partial charge in [0.05, 0.1) is 13.2 Å². The van der Waals surface area contributed by atoms with Gasteiger partial charge in [0.1, 0.15) is 0 Å². The maximum atomic E-state index is 12.3. The van der Waals surface area contributed by atoms with Gasteiger partial charge in [0, 0.05) is 11.8 Å². The van der Waals surface area contributed by atoms with Gasteiger partial charge in [-0.2, -0.15) is 8.78 Å². The predicted octanol–water partition coefficient (Wildman–Crippen LogP) is 7.12. The maximum absolute atomic E-state index is 12.3. The van der Waals surface area contributed by atoms with Gasteiger partial charge in [-0.05, 0) is 88.0 Å². The van der Waals surface area contributed by atoms with Gasteiger partial charge in [0.25, 0.3) is 6.08 Å². The third-order valence-electron chi connectivity index (χ3n) is 7.18. The van der Waals surface area contributed by atoms with Crippen molar-refractivity contribution in [2.45, 2.75) is 83.8 Å². The van der Waals surface area contributed by atoms with E-state index in [4.69, 9.17) is 9.47 Å². The van der Waals surface area contributed by atoms with Crippen LogP contribution in [0.5, 0.6) is 0 Å². The van der Waals surface area contributed by atoms with Gasteiger partial charge in [0.2, 0.25) is 0 Å². The van der Waals surface area contributed by atoms with E-state index in [2.05, 4.69) is 19.1 Å². The molecule has 0 spiro atoms. The van der Waals surface area contributed by atoms with Crippen molar-refractivity contribution >= 4 is 0 Å². The first-order valence-corrected chi connectivity index (χ1v) is 11.6. The molecular weight excluding hydrogens is 358 g/mol. The van der Waals surface area contributed by atoms with Crippen LogP contribution in [0.25, 0.3) is 0 Å².